The molecule has 30 fully saturated rings. The SMILES string of the molecule is CCC1OC2OC3C(CO)OC(OC4C(CO)OC(OC5C(CO)OC(OC6C(CO)CC(OC7C(CO)OC(OC8C(CC(C)C)OC(OC9C(CO)OC(OC1C(O)C2O)C(O)C9O)C(O)C8O)C(O)C7O)C(O)C6O)C(O)C5O)C(O)C4O)C(O)C3O. The van der Waals surface area contributed by atoms with Crippen LogP contribution in [0.4, 0.5) is 0 Å². The molecule has 1 aliphatic carbocycles. The van der Waals surface area contributed by atoms with Gasteiger partial charge in [-0.15, -0.1) is 0 Å². The molecule has 0 aromatic heterocycles. The van der Waals surface area contributed by atoms with Gasteiger partial charge in [0, 0.05) is 12.5 Å². The Bertz CT molecular complexity index is 2180. The molecule has 30 aliphatic rings. The number of rotatable bonds is 9. The second kappa shape index (κ2) is 30.9. The lowest BCUT2D eigenvalue weighted by molar-refractivity contribution is -0.398. The Kier molecular flexibility index (Phi) is 25.0. The van der Waals surface area contributed by atoms with Gasteiger partial charge in [0.1, 0.15) is 171 Å². The van der Waals surface area contributed by atoms with Crippen molar-refractivity contribution in [1.29, 1.82) is 0 Å². The molecule has 37 nitrogen and oxygen atoms in total. The molecular weight excluding hydrogens is 1230 g/mol. The predicted molar refractivity (Wildman–Crippen MR) is 280 cm³/mol. The average Bonchev–Trinajstić information content (AvgIpc) is 0.880. The maximum Gasteiger partial charge on any atom is 0.187 e. The predicted octanol–water partition coefficient (Wildman–Crippen LogP) is -13.3. The van der Waals surface area contributed by atoms with Crippen molar-refractivity contribution in [2.45, 2.75) is 279 Å². The number of aliphatic hydroxyl groups is 22. The van der Waals surface area contributed by atoms with Crippen LogP contribution in [0.2, 0.25) is 0 Å². The van der Waals surface area contributed by atoms with Crippen LogP contribution >= 0.6 is 0 Å². The third kappa shape index (κ3) is 14.6. The van der Waals surface area contributed by atoms with Crippen molar-refractivity contribution in [3.05, 3.63) is 0 Å². The van der Waals surface area contributed by atoms with Gasteiger partial charge in [-0.05, 0) is 25.2 Å². The van der Waals surface area contributed by atoms with Crippen molar-refractivity contribution in [2.75, 3.05) is 39.6 Å². The van der Waals surface area contributed by atoms with E-state index in [0.717, 1.165) is 0 Å². The molecule has 29 heterocycles. The lowest BCUT2D eigenvalue weighted by Crippen LogP contribution is -2.68. The summed E-state index contributed by atoms with van der Waals surface area (Å²) in [5, 5.41) is 247. The molecule has 29 saturated heterocycles. The molecule has 22 N–H and O–H groups in total. The van der Waals surface area contributed by atoms with Gasteiger partial charge in [0.05, 0.1) is 57.5 Å². The molecule has 29 aliphatic heterocycles. The topological polar surface area (TPSA) is 584 Å². The summed E-state index contributed by atoms with van der Waals surface area (Å²) in [6, 6.07) is 0. The minimum absolute atomic E-state index is 0.0124. The van der Waals surface area contributed by atoms with Crippen molar-refractivity contribution in [2.24, 2.45) is 11.8 Å². The normalized spacial score (nSPS) is 54.5. The summed E-state index contributed by atoms with van der Waals surface area (Å²) in [4.78, 5) is 0. The summed E-state index contributed by atoms with van der Waals surface area (Å²) >= 11 is 0. The van der Waals surface area contributed by atoms with Crippen molar-refractivity contribution in [3.63, 3.8) is 0 Å². The first-order chi connectivity index (χ1) is 42.7. The lowest BCUT2D eigenvalue weighted by atomic mass is 9.80. The van der Waals surface area contributed by atoms with E-state index < -0.39 is 291 Å². The van der Waals surface area contributed by atoms with Gasteiger partial charge in [-0.25, -0.2) is 0 Å². The van der Waals surface area contributed by atoms with Crippen LogP contribution in [0.5, 0.6) is 0 Å². The first-order valence-corrected chi connectivity index (χ1v) is 30.1. The number of hydrogen-bond donors (Lipinski definition) is 22. The second-order valence-electron chi connectivity index (χ2n) is 24.6. The lowest BCUT2D eigenvalue weighted by Gasteiger charge is -2.51. The third-order valence-electron chi connectivity index (χ3n) is 18.2. The van der Waals surface area contributed by atoms with Gasteiger partial charge in [0.2, 0.25) is 0 Å². The minimum Gasteiger partial charge on any atom is -0.396 e. The molecule has 16 bridgehead atoms. The van der Waals surface area contributed by atoms with Crippen molar-refractivity contribution in [3.8, 4) is 0 Å². The molecule has 0 radical (unpaired) electrons. The van der Waals surface area contributed by atoms with Gasteiger partial charge in [-0.3, -0.25) is 0 Å². The second-order valence-corrected chi connectivity index (χ2v) is 24.6. The van der Waals surface area contributed by atoms with E-state index in [4.69, 9.17) is 71.1 Å². The van der Waals surface area contributed by atoms with Crippen LogP contribution in [0.3, 0.4) is 0 Å². The van der Waals surface area contributed by atoms with E-state index in [0.29, 0.717) is 0 Å². The summed E-state index contributed by atoms with van der Waals surface area (Å²) in [6.07, 6.45) is -74.5. The van der Waals surface area contributed by atoms with E-state index in [-0.39, 0.29) is 18.8 Å². The zero-order valence-electron chi connectivity index (χ0n) is 49.0. The van der Waals surface area contributed by atoms with Gasteiger partial charge in [0.15, 0.2) is 44.0 Å². The van der Waals surface area contributed by atoms with Gasteiger partial charge in [-0.2, -0.15) is 0 Å². The molecule has 40 atom stereocenters. The molecular formula is C53H90O37. The minimum atomic E-state index is -2.20. The molecule has 0 spiro atoms. The zero-order valence-corrected chi connectivity index (χ0v) is 49.0. The van der Waals surface area contributed by atoms with Gasteiger partial charge in [0.25, 0.3) is 0 Å². The maximum absolute atomic E-state index is 11.7. The summed E-state index contributed by atoms with van der Waals surface area (Å²) in [5.74, 6) is -1.51. The van der Waals surface area contributed by atoms with Crippen LogP contribution in [0.1, 0.15) is 40.0 Å². The van der Waals surface area contributed by atoms with E-state index in [1.807, 2.05) is 0 Å². The first-order valence-electron chi connectivity index (χ1n) is 30.1. The molecule has 0 amide bonds. The summed E-state index contributed by atoms with van der Waals surface area (Å²) < 4.78 is 88.3. The number of aliphatic hydroxyl groups excluding tert-OH is 22. The van der Waals surface area contributed by atoms with E-state index in [2.05, 4.69) is 0 Å². The van der Waals surface area contributed by atoms with Crippen molar-refractivity contribution >= 4 is 0 Å². The Labute approximate surface area is 513 Å². The number of ether oxygens (including phenoxy) is 15. The fraction of sp³-hybridized carbons (Fsp3) is 1.00. The average molecular weight is 1320 g/mol. The smallest absolute Gasteiger partial charge is 0.187 e. The fourth-order valence-electron chi connectivity index (χ4n) is 13.1. The summed E-state index contributed by atoms with van der Waals surface area (Å²) in [6.45, 7) is -0.835. The highest BCUT2D eigenvalue weighted by Gasteiger charge is 2.60. The molecule has 37 heteroatoms. The summed E-state index contributed by atoms with van der Waals surface area (Å²) in [5.41, 5.74) is 0. The standard InChI is InChI=1S/C53H90O37/c1-4-15-40-25(62)32(69)47(77-15)87-43-20(10-57)82-52(37(74)30(43)67)90-46-22(12-59)83-53(38(75)31(46)68)89-45-19(9-56)80-49(35(72)28(45)65)84-39-14(7-54)6-16(23(60)24(39)61)76-42-18(8-55)79-51(34(71)27(42)64)86-41-17(5-13(2)3)78-48(33(70)26(41)63)88-44-21(11-58)81-50(85-40)36(73)29(44)66/h13-75H,4-12H2,1-3H3. The Balaban J connectivity index is 0.986. The van der Waals surface area contributed by atoms with Gasteiger partial charge < -0.3 is 183 Å². The van der Waals surface area contributed by atoms with Crippen molar-refractivity contribution < 1.29 is 183 Å². The monoisotopic (exact) mass is 1320 g/mol. The Hall–Kier alpha value is -1.48. The highest BCUT2D eigenvalue weighted by Crippen LogP contribution is 2.41. The van der Waals surface area contributed by atoms with Crippen LogP contribution in [0.15, 0.2) is 0 Å². The van der Waals surface area contributed by atoms with Crippen LogP contribution in [-0.4, -0.2) is 391 Å². The highest BCUT2D eigenvalue weighted by atomic mass is 16.8. The number of hydrogen-bond acceptors (Lipinski definition) is 37. The molecule has 30 rings (SSSR count). The van der Waals surface area contributed by atoms with E-state index in [1.165, 1.54) is 6.92 Å². The Morgan fingerprint density at radius 3 is 0.733 bits per heavy atom. The fourth-order valence-corrected chi connectivity index (χ4v) is 13.1. The maximum atomic E-state index is 11.7. The Morgan fingerprint density at radius 1 is 0.256 bits per heavy atom. The molecule has 40 unspecified atom stereocenters. The quantitative estimate of drug-likeness (QED) is 0.102. The van der Waals surface area contributed by atoms with Gasteiger partial charge in [-0.1, -0.05) is 20.8 Å². The van der Waals surface area contributed by atoms with Crippen molar-refractivity contribution in [1.82, 2.24) is 0 Å². The van der Waals surface area contributed by atoms with Gasteiger partial charge >= 0.3 is 0 Å². The largest absolute Gasteiger partial charge is 0.396 e. The highest BCUT2D eigenvalue weighted by molar-refractivity contribution is 5.03. The molecule has 0 aromatic rings. The first kappa shape index (κ1) is 72.8. The van der Waals surface area contributed by atoms with E-state index in [1.54, 1.807) is 13.8 Å². The summed E-state index contributed by atoms with van der Waals surface area (Å²) in [7, 11) is 0. The molecule has 524 valence electrons. The van der Waals surface area contributed by atoms with E-state index in [9.17, 15) is 112 Å². The molecule has 1 saturated carbocycles. The van der Waals surface area contributed by atoms with E-state index >= 15 is 0 Å². The molecule has 90 heavy (non-hydrogen) atoms. The third-order valence-corrected chi connectivity index (χ3v) is 18.2. The van der Waals surface area contributed by atoms with Crippen LogP contribution in [-0.2, 0) is 71.1 Å². The van der Waals surface area contributed by atoms with Crippen LogP contribution in [0.25, 0.3) is 0 Å². The molecule has 0 aromatic carbocycles. The van der Waals surface area contributed by atoms with Crippen LogP contribution < -0.4 is 0 Å². The zero-order chi connectivity index (χ0) is 65.6. The van der Waals surface area contributed by atoms with Crippen LogP contribution in [0, 0.1) is 11.8 Å². The Morgan fingerprint density at radius 2 is 0.478 bits per heavy atom.